The molecule has 1 aromatic rings. The van der Waals surface area contributed by atoms with Crippen LogP contribution in [0.3, 0.4) is 0 Å². The van der Waals surface area contributed by atoms with Crippen LogP contribution >= 0.6 is 0 Å². The first-order valence-electron chi connectivity index (χ1n) is 6.24. The van der Waals surface area contributed by atoms with Gasteiger partial charge < -0.3 is 9.88 Å². The van der Waals surface area contributed by atoms with E-state index in [1.54, 1.807) is 6.07 Å². The lowest BCUT2D eigenvalue weighted by Crippen LogP contribution is -2.31. The van der Waals surface area contributed by atoms with Crippen LogP contribution in [-0.4, -0.2) is 11.1 Å². The van der Waals surface area contributed by atoms with Gasteiger partial charge in [0.25, 0.3) is 5.56 Å². The summed E-state index contributed by atoms with van der Waals surface area (Å²) in [7, 11) is 0. The van der Waals surface area contributed by atoms with Crippen LogP contribution in [0.2, 0.25) is 0 Å². The Balaban J connectivity index is 2.46. The Bertz CT molecular complexity index is 422. The summed E-state index contributed by atoms with van der Waals surface area (Å²) in [5, 5.41) is 3.50. The Morgan fingerprint density at radius 2 is 2.25 bits per heavy atom. The van der Waals surface area contributed by atoms with Crippen molar-refractivity contribution in [1.29, 1.82) is 0 Å². The Hall–Kier alpha value is -1.09. The van der Waals surface area contributed by atoms with Crippen molar-refractivity contribution in [3.05, 3.63) is 33.7 Å². The molecule has 0 radical (unpaired) electrons. The molecule has 1 unspecified atom stereocenters. The average Bonchev–Trinajstić information content (AvgIpc) is 2.29. The minimum atomic E-state index is 0.137. The maximum Gasteiger partial charge on any atom is 0.250 e. The van der Waals surface area contributed by atoms with Crippen LogP contribution in [0, 0.1) is 0 Å². The minimum absolute atomic E-state index is 0.137. The van der Waals surface area contributed by atoms with Crippen LogP contribution in [0.1, 0.15) is 44.0 Å². The van der Waals surface area contributed by atoms with E-state index in [1.807, 2.05) is 17.6 Å². The average molecular weight is 220 g/mol. The Morgan fingerprint density at radius 3 is 2.94 bits per heavy atom. The maximum atomic E-state index is 11.7. The standard InChI is InChI=1S/C13H20N2O/c1-3-14-11-6-5-7-12-10(11)8-9-13(16)15(12)4-2/h8-9,11,14H,3-7H2,1-2H3. The lowest BCUT2D eigenvalue weighted by atomic mass is 9.91. The summed E-state index contributed by atoms with van der Waals surface area (Å²) in [6, 6.07) is 4.15. The molecular weight excluding hydrogens is 200 g/mol. The number of nitrogens with one attached hydrogen (secondary N) is 1. The zero-order valence-electron chi connectivity index (χ0n) is 10.1. The molecule has 0 spiro atoms. The molecule has 88 valence electrons. The van der Waals surface area contributed by atoms with E-state index in [-0.39, 0.29) is 5.56 Å². The first-order valence-corrected chi connectivity index (χ1v) is 6.24. The monoisotopic (exact) mass is 220 g/mol. The molecule has 1 aliphatic carbocycles. The Morgan fingerprint density at radius 1 is 1.44 bits per heavy atom. The molecule has 0 aromatic carbocycles. The first kappa shape index (κ1) is 11.4. The van der Waals surface area contributed by atoms with Crippen molar-refractivity contribution < 1.29 is 0 Å². The van der Waals surface area contributed by atoms with Gasteiger partial charge >= 0.3 is 0 Å². The topological polar surface area (TPSA) is 34.0 Å². The number of hydrogen-bond acceptors (Lipinski definition) is 2. The van der Waals surface area contributed by atoms with Crippen LogP contribution in [0.4, 0.5) is 0 Å². The summed E-state index contributed by atoms with van der Waals surface area (Å²) < 4.78 is 1.92. The highest BCUT2D eigenvalue weighted by Gasteiger charge is 2.21. The zero-order chi connectivity index (χ0) is 11.5. The Labute approximate surface area is 96.5 Å². The van der Waals surface area contributed by atoms with E-state index in [2.05, 4.69) is 12.2 Å². The van der Waals surface area contributed by atoms with E-state index in [0.29, 0.717) is 6.04 Å². The number of hydrogen-bond donors (Lipinski definition) is 1. The van der Waals surface area contributed by atoms with Crippen molar-refractivity contribution in [1.82, 2.24) is 9.88 Å². The second kappa shape index (κ2) is 4.83. The van der Waals surface area contributed by atoms with Gasteiger partial charge in [-0.25, -0.2) is 0 Å². The molecular formula is C13H20N2O. The van der Waals surface area contributed by atoms with Gasteiger partial charge in [-0.2, -0.15) is 0 Å². The SMILES string of the molecule is CCNC1CCCc2c1ccc(=O)n2CC. The molecule has 1 aromatic heterocycles. The van der Waals surface area contributed by atoms with Crippen molar-refractivity contribution in [2.75, 3.05) is 6.54 Å². The molecule has 1 N–H and O–H groups in total. The molecule has 0 bridgehead atoms. The molecule has 0 fully saturated rings. The molecule has 1 aliphatic rings. The molecule has 1 atom stereocenters. The third kappa shape index (κ3) is 1.92. The molecule has 16 heavy (non-hydrogen) atoms. The van der Waals surface area contributed by atoms with E-state index in [4.69, 9.17) is 0 Å². The van der Waals surface area contributed by atoms with Crippen LogP contribution in [0.15, 0.2) is 16.9 Å². The lowest BCUT2D eigenvalue weighted by Gasteiger charge is -2.28. The van der Waals surface area contributed by atoms with E-state index < -0.39 is 0 Å². The molecule has 3 heteroatoms. The fourth-order valence-electron chi connectivity index (χ4n) is 2.67. The van der Waals surface area contributed by atoms with Crippen molar-refractivity contribution >= 4 is 0 Å². The van der Waals surface area contributed by atoms with Gasteiger partial charge in [-0.1, -0.05) is 13.0 Å². The van der Waals surface area contributed by atoms with Crippen molar-refractivity contribution in [3.8, 4) is 0 Å². The highest BCUT2D eigenvalue weighted by Crippen LogP contribution is 2.28. The summed E-state index contributed by atoms with van der Waals surface area (Å²) in [4.78, 5) is 11.7. The third-order valence-electron chi connectivity index (χ3n) is 3.38. The predicted molar refractivity (Wildman–Crippen MR) is 65.7 cm³/mol. The maximum absolute atomic E-state index is 11.7. The van der Waals surface area contributed by atoms with Gasteiger partial charge in [0, 0.05) is 24.3 Å². The van der Waals surface area contributed by atoms with Crippen molar-refractivity contribution in [2.45, 2.75) is 45.7 Å². The van der Waals surface area contributed by atoms with Crippen LogP contribution < -0.4 is 10.9 Å². The predicted octanol–water partition coefficient (Wildman–Crippen LogP) is 1.86. The zero-order valence-corrected chi connectivity index (χ0v) is 10.1. The molecule has 0 aliphatic heterocycles. The smallest absolute Gasteiger partial charge is 0.250 e. The summed E-state index contributed by atoms with van der Waals surface area (Å²) in [5.74, 6) is 0. The van der Waals surface area contributed by atoms with Crippen LogP contribution in [0.5, 0.6) is 0 Å². The quantitative estimate of drug-likeness (QED) is 0.843. The van der Waals surface area contributed by atoms with Gasteiger partial charge in [0.2, 0.25) is 0 Å². The van der Waals surface area contributed by atoms with E-state index in [0.717, 1.165) is 19.5 Å². The summed E-state index contributed by atoms with van der Waals surface area (Å²) in [6.45, 7) is 5.93. The molecule has 1 heterocycles. The van der Waals surface area contributed by atoms with Crippen molar-refractivity contribution in [3.63, 3.8) is 0 Å². The van der Waals surface area contributed by atoms with Gasteiger partial charge in [0.1, 0.15) is 0 Å². The Kier molecular flexibility index (Phi) is 3.44. The fourth-order valence-corrected chi connectivity index (χ4v) is 2.67. The number of nitrogens with zero attached hydrogens (tertiary/aromatic N) is 1. The summed E-state index contributed by atoms with van der Waals surface area (Å²) in [6.07, 6.45) is 3.40. The molecule has 0 amide bonds. The second-order valence-corrected chi connectivity index (χ2v) is 4.32. The van der Waals surface area contributed by atoms with E-state index in [1.165, 1.54) is 24.1 Å². The van der Waals surface area contributed by atoms with Crippen LogP contribution in [-0.2, 0) is 13.0 Å². The molecule has 0 saturated heterocycles. The van der Waals surface area contributed by atoms with Gasteiger partial charge in [-0.05, 0) is 38.3 Å². The largest absolute Gasteiger partial charge is 0.313 e. The number of fused-ring (bicyclic) bond motifs is 1. The summed E-state index contributed by atoms with van der Waals surface area (Å²) in [5.41, 5.74) is 2.71. The van der Waals surface area contributed by atoms with Crippen molar-refractivity contribution in [2.24, 2.45) is 0 Å². The highest BCUT2D eigenvalue weighted by molar-refractivity contribution is 5.27. The third-order valence-corrected chi connectivity index (χ3v) is 3.38. The minimum Gasteiger partial charge on any atom is -0.313 e. The molecule has 3 nitrogen and oxygen atoms in total. The number of pyridine rings is 1. The van der Waals surface area contributed by atoms with E-state index >= 15 is 0 Å². The molecule has 0 saturated carbocycles. The normalized spacial score (nSPS) is 19.5. The van der Waals surface area contributed by atoms with Gasteiger partial charge in [-0.15, -0.1) is 0 Å². The van der Waals surface area contributed by atoms with Gasteiger partial charge in [0.15, 0.2) is 0 Å². The number of rotatable bonds is 3. The number of aromatic nitrogens is 1. The summed E-state index contributed by atoms with van der Waals surface area (Å²) >= 11 is 0. The highest BCUT2D eigenvalue weighted by atomic mass is 16.1. The van der Waals surface area contributed by atoms with E-state index in [9.17, 15) is 4.79 Å². The van der Waals surface area contributed by atoms with Gasteiger partial charge in [-0.3, -0.25) is 4.79 Å². The molecule has 2 rings (SSSR count). The lowest BCUT2D eigenvalue weighted by molar-refractivity contribution is 0.451. The van der Waals surface area contributed by atoms with Gasteiger partial charge in [0.05, 0.1) is 0 Å². The first-order chi connectivity index (χ1) is 7.77. The fraction of sp³-hybridized carbons (Fsp3) is 0.615. The van der Waals surface area contributed by atoms with Crippen LogP contribution in [0.25, 0.3) is 0 Å². The second-order valence-electron chi connectivity index (χ2n) is 4.32.